The van der Waals surface area contributed by atoms with Crippen LogP contribution < -0.4 is 10.1 Å². The SMILES string of the molecule is COc1ccc(C(=O)Nc2cc(F)ccc2F)cn1. The zero-order chi connectivity index (χ0) is 13.8. The summed E-state index contributed by atoms with van der Waals surface area (Å²) in [6, 6.07) is 5.79. The van der Waals surface area contributed by atoms with Crippen LogP contribution in [0.25, 0.3) is 0 Å². The van der Waals surface area contributed by atoms with E-state index in [1.54, 1.807) is 0 Å². The van der Waals surface area contributed by atoms with Crippen molar-refractivity contribution < 1.29 is 18.3 Å². The van der Waals surface area contributed by atoms with Gasteiger partial charge in [-0.15, -0.1) is 0 Å². The number of anilines is 1. The third-order valence-electron chi connectivity index (χ3n) is 2.38. The van der Waals surface area contributed by atoms with Crippen molar-refractivity contribution >= 4 is 11.6 Å². The van der Waals surface area contributed by atoms with Crippen LogP contribution in [0.5, 0.6) is 5.88 Å². The molecule has 1 heterocycles. The summed E-state index contributed by atoms with van der Waals surface area (Å²) in [4.78, 5) is 15.6. The van der Waals surface area contributed by atoms with Crippen molar-refractivity contribution in [2.75, 3.05) is 12.4 Å². The summed E-state index contributed by atoms with van der Waals surface area (Å²) in [6.07, 6.45) is 1.28. The van der Waals surface area contributed by atoms with Crippen LogP contribution in [-0.2, 0) is 0 Å². The normalized spacial score (nSPS) is 10.1. The molecule has 0 bridgehead atoms. The average molecular weight is 264 g/mol. The van der Waals surface area contributed by atoms with Crippen molar-refractivity contribution in [3.8, 4) is 5.88 Å². The van der Waals surface area contributed by atoms with E-state index in [4.69, 9.17) is 4.74 Å². The second-order valence-corrected chi connectivity index (χ2v) is 3.67. The third-order valence-corrected chi connectivity index (χ3v) is 2.38. The molecule has 0 radical (unpaired) electrons. The van der Waals surface area contributed by atoms with Crippen molar-refractivity contribution in [1.29, 1.82) is 0 Å². The van der Waals surface area contributed by atoms with Gasteiger partial charge in [0.2, 0.25) is 5.88 Å². The number of benzene rings is 1. The summed E-state index contributed by atoms with van der Waals surface area (Å²) in [6.45, 7) is 0. The van der Waals surface area contributed by atoms with Gasteiger partial charge in [-0.25, -0.2) is 13.8 Å². The van der Waals surface area contributed by atoms with Gasteiger partial charge < -0.3 is 10.1 Å². The fourth-order valence-corrected chi connectivity index (χ4v) is 1.42. The summed E-state index contributed by atoms with van der Waals surface area (Å²) >= 11 is 0. The fraction of sp³-hybridized carbons (Fsp3) is 0.0769. The minimum Gasteiger partial charge on any atom is -0.481 e. The molecule has 1 amide bonds. The van der Waals surface area contributed by atoms with Crippen molar-refractivity contribution in [3.63, 3.8) is 0 Å². The highest BCUT2D eigenvalue weighted by molar-refractivity contribution is 6.04. The highest BCUT2D eigenvalue weighted by Crippen LogP contribution is 2.16. The Balaban J connectivity index is 2.18. The summed E-state index contributed by atoms with van der Waals surface area (Å²) < 4.78 is 31.1. The molecule has 1 N–H and O–H groups in total. The van der Waals surface area contributed by atoms with Crippen LogP contribution in [0.15, 0.2) is 36.5 Å². The first-order chi connectivity index (χ1) is 9.10. The van der Waals surface area contributed by atoms with Crippen molar-refractivity contribution in [2.45, 2.75) is 0 Å². The summed E-state index contributed by atoms with van der Waals surface area (Å²) in [5.41, 5.74) is -0.00900. The molecular weight excluding hydrogens is 254 g/mol. The highest BCUT2D eigenvalue weighted by atomic mass is 19.1. The van der Waals surface area contributed by atoms with Crippen molar-refractivity contribution in [1.82, 2.24) is 4.98 Å². The van der Waals surface area contributed by atoms with Crippen LogP contribution in [0.3, 0.4) is 0 Å². The van der Waals surface area contributed by atoms with Gasteiger partial charge in [0.25, 0.3) is 5.91 Å². The Kier molecular flexibility index (Phi) is 3.70. The van der Waals surface area contributed by atoms with Gasteiger partial charge in [-0.2, -0.15) is 0 Å². The van der Waals surface area contributed by atoms with Gasteiger partial charge in [-0.3, -0.25) is 4.79 Å². The predicted octanol–water partition coefficient (Wildman–Crippen LogP) is 2.62. The van der Waals surface area contributed by atoms with Crippen LogP contribution in [0, 0.1) is 11.6 Å². The standard InChI is InChI=1S/C13H10F2N2O2/c1-19-12-5-2-8(7-16-12)13(18)17-11-6-9(14)3-4-10(11)15/h2-7H,1H3,(H,17,18). The quantitative estimate of drug-likeness (QED) is 0.927. The van der Waals surface area contributed by atoms with Gasteiger partial charge in [-0.05, 0) is 18.2 Å². The molecule has 0 saturated carbocycles. The Labute approximate surface area is 108 Å². The van der Waals surface area contributed by atoms with E-state index >= 15 is 0 Å². The smallest absolute Gasteiger partial charge is 0.257 e. The zero-order valence-corrected chi connectivity index (χ0v) is 9.98. The maximum absolute atomic E-state index is 13.3. The average Bonchev–Trinajstić information content (AvgIpc) is 2.43. The first-order valence-electron chi connectivity index (χ1n) is 5.36. The predicted molar refractivity (Wildman–Crippen MR) is 65.1 cm³/mol. The fourth-order valence-electron chi connectivity index (χ4n) is 1.42. The van der Waals surface area contributed by atoms with Crippen molar-refractivity contribution in [2.24, 2.45) is 0 Å². The molecular formula is C13H10F2N2O2. The molecule has 0 atom stereocenters. The lowest BCUT2D eigenvalue weighted by atomic mass is 10.2. The Hall–Kier alpha value is -2.50. The molecule has 0 aliphatic carbocycles. The molecule has 0 spiro atoms. The molecule has 0 saturated heterocycles. The number of carbonyl (C=O) groups excluding carboxylic acids is 1. The Bertz CT molecular complexity index is 600. The largest absolute Gasteiger partial charge is 0.481 e. The van der Waals surface area contributed by atoms with Crippen LogP contribution in [0.2, 0.25) is 0 Å². The van der Waals surface area contributed by atoms with E-state index in [-0.39, 0.29) is 11.3 Å². The Morgan fingerprint density at radius 1 is 1.26 bits per heavy atom. The molecule has 0 fully saturated rings. The topological polar surface area (TPSA) is 51.2 Å². The molecule has 0 unspecified atom stereocenters. The van der Waals surface area contributed by atoms with Gasteiger partial charge in [0, 0.05) is 18.3 Å². The van der Waals surface area contributed by atoms with Crippen LogP contribution in [-0.4, -0.2) is 18.0 Å². The lowest BCUT2D eigenvalue weighted by molar-refractivity contribution is 0.102. The molecule has 19 heavy (non-hydrogen) atoms. The van der Waals surface area contributed by atoms with E-state index in [1.165, 1.54) is 25.4 Å². The molecule has 6 heteroatoms. The number of methoxy groups -OCH3 is 1. The van der Waals surface area contributed by atoms with Gasteiger partial charge >= 0.3 is 0 Å². The second-order valence-electron chi connectivity index (χ2n) is 3.67. The van der Waals surface area contributed by atoms with Crippen LogP contribution in [0.1, 0.15) is 10.4 Å². The molecule has 2 rings (SSSR count). The van der Waals surface area contributed by atoms with Crippen LogP contribution >= 0.6 is 0 Å². The van der Waals surface area contributed by atoms with Gasteiger partial charge in [0.15, 0.2) is 0 Å². The number of rotatable bonds is 3. The monoisotopic (exact) mass is 264 g/mol. The lowest BCUT2D eigenvalue weighted by Crippen LogP contribution is -2.13. The first kappa shape index (κ1) is 12.9. The molecule has 98 valence electrons. The van der Waals surface area contributed by atoms with E-state index in [0.29, 0.717) is 5.88 Å². The van der Waals surface area contributed by atoms with Crippen molar-refractivity contribution in [3.05, 3.63) is 53.7 Å². The van der Waals surface area contributed by atoms with E-state index < -0.39 is 17.5 Å². The summed E-state index contributed by atoms with van der Waals surface area (Å²) in [5.74, 6) is -1.58. The number of ether oxygens (including phenoxy) is 1. The Morgan fingerprint density at radius 3 is 2.68 bits per heavy atom. The number of pyridine rings is 1. The number of nitrogens with zero attached hydrogens (tertiary/aromatic N) is 1. The van der Waals surface area contributed by atoms with E-state index in [9.17, 15) is 13.6 Å². The maximum Gasteiger partial charge on any atom is 0.257 e. The first-order valence-corrected chi connectivity index (χ1v) is 5.36. The summed E-state index contributed by atoms with van der Waals surface area (Å²) in [7, 11) is 1.45. The second kappa shape index (κ2) is 5.43. The molecule has 1 aromatic carbocycles. The summed E-state index contributed by atoms with van der Waals surface area (Å²) in [5, 5.41) is 2.27. The number of halogens is 2. The maximum atomic E-state index is 13.3. The number of aromatic nitrogens is 1. The number of carbonyl (C=O) groups is 1. The van der Waals surface area contributed by atoms with E-state index in [0.717, 1.165) is 18.2 Å². The number of nitrogens with one attached hydrogen (secondary N) is 1. The third kappa shape index (κ3) is 3.04. The zero-order valence-electron chi connectivity index (χ0n) is 9.98. The highest BCUT2D eigenvalue weighted by Gasteiger charge is 2.10. The molecule has 0 aliphatic heterocycles. The number of hydrogen-bond acceptors (Lipinski definition) is 3. The number of hydrogen-bond donors (Lipinski definition) is 1. The lowest BCUT2D eigenvalue weighted by Gasteiger charge is -2.06. The molecule has 0 aliphatic rings. The molecule has 1 aromatic heterocycles. The molecule has 4 nitrogen and oxygen atoms in total. The van der Waals surface area contributed by atoms with Gasteiger partial charge in [-0.1, -0.05) is 0 Å². The number of amides is 1. The minimum absolute atomic E-state index is 0.212. The minimum atomic E-state index is -0.712. The Morgan fingerprint density at radius 2 is 2.05 bits per heavy atom. The molecule has 2 aromatic rings. The van der Waals surface area contributed by atoms with E-state index in [1.807, 2.05) is 0 Å². The van der Waals surface area contributed by atoms with Crippen LogP contribution in [0.4, 0.5) is 14.5 Å². The van der Waals surface area contributed by atoms with E-state index in [2.05, 4.69) is 10.3 Å². The van der Waals surface area contributed by atoms with Gasteiger partial charge in [0.05, 0.1) is 18.4 Å². The van der Waals surface area contributed by atoms with Gasteiger partial charge in [0.1, 0.15) is 11.6 Å².